The maximum atomic E-state index is 13.6. The number of rotatable bonds is 3. The topological polar surface area (TPSA) is 69.9 Å². The lowest BCUT2D eigenvalue weighted by molar-refractivity contribution is 0.264. The van der Waals surface area contributed by atoms with Gasteiger partial charge in [0.25, 0.3) is 0 Å². The summed E-state index contributed by atoms with van der Waals surface area (Å²) in [6, 6.07) is 0.984. The molecule has 0 bridgehead atoms. The second-order valence-electron chi connectivity index (χ2n) is 3.26. The van der Waals surface area contributed by atoms with Gasteiger partial charge in [0.05, 0.1) is 7.11 Å². The number of ether oxygens (including phenoxy) is 1. The Balaban J connectivity index is 3.40. The number of aliphatic hydroxyl groups excluding tert-OH is 1. The maximum absolute atomic E-state index is 13.6. The van der Waals surface area contributed by atoms with Crippen LogP contribution in [-0.4, -0.2) is 29.0 Å². The van der Waals surface area contributed by atoms with Crippen LogP contribution in [0.15, 0.2) is 6.07 Å². The van der Waals surface area contributed by atoms with Crippen LogP contribution in [0.25, 0.3) is 0 Å². The third-order valence-electron chi connectivity index (χ3n) is 2.20. The quantitative estimate of drug-likeness (QED) is 0.667. The van der Waals surface area contributed by atoms with Crippen LogP contribution in [0, 0.1) is 5.82 Å². The molecule has 1 aromatic carbocycles. The molecule has 0 heterocycles. The van der Waals surface area contributed by atoms with Gasteiger partial charge in [-0.3, -0.25) is 0 Å². The van der Waals surface area contributed by atoms with Crippen molar-refractivity contribution in [2.24, 2.45) is 0 Å². The van der Waals surface area contributed by atoms with Crippen molar-refractivity contribution >= 4 is 0 Å². The van der Waals surface area contributed by atoms with Crippen LogP contribution in [0.5, 0.6) is 17.2 Å². The number of benzene rings is 1. The van der Waals surface area contributed by atoms with E-state index in [2.05, 4.69) is 4.74 Å². The molecule has 0 aliphatic carbocycles. The molecule has 1 rings (SSSR count). The molecule has 3 N–H and O–H groups in total. The van der Waals surface area contributed by atoms with E-state index in [0.29, 0.717) is 0 Å². The number of aliphatic hydroxyl groups is 1. The normalized spacial score (nSPS) is 12.5. The number of hydrogen-bond acceptors (Lipinski definition) is 4. The number of phenolic OH excluding ortho intramolecular Hbond substituents is 2. The zero-order valence-electron chi connectivity index (χ0n) is 8.49. The minimum Gasteiger partial charge on any atom is -0.504 e. The van der Waals surface area contributed by atoms with Gasteiger partial charge in [0.1, 0.15) is 0 Å². The van der Waals surface area contributed by atoms with Gasteiger partial charge in [-0.25, -0.2) is 4.39 Å². The number of methoxy groups -OCH3 is 1. The molecule has 84 valence electrons. The molecule has 1 unspecified atom stereocenters. The second kappa shape index (κ2) is 4.35. The summed E-state index contributed by atoms with van der Waals surface area (Å²) in [5.74, 6) is -2.58. The average molecular weight is 216 g/mol. The third-order valence-corrected chi connectivity index (χ3v) is 2.20. The molecular weight excluding hydrogens is 203 g/mol. The Morgan fingerprint density at radius 3 is 2.53 bits per heavy atom. The molecule has 0 spiro atoms. The smallest absolute Gasteiger partial charge is 0.172 e. The Bertz CT molecular complexity index is 365. The molecule has 15 heavy (non-hydrogen) atoms. The summed E-state index contributed by atoms with van der Waals surface area (Å²) < 4.78 is 18.3. The molecule has 1 aromatic rings. The van der Waals surface area contributed by atoms with E-state index in [4.69, 9.17) is 5.11 Å². The van der Waals surface area contributed by atoms with E-state index in [0.717, 1.165) is 6.07 Å². The fourth-order valence-electron chi connectivity index (χ4n) is 1.32. The van der Waals surface area contributed by atoms with E-state index in [9.17, 15) is 14.6 Å². The standard InChI is InChI=1S/C10H13FO4/c1-5(4-12)8-9(11)7(15-2)3-6(13)10(8)14/h3,5,12-14H,4H2,1-2H3. The second-order valence-corrected chi connectivity index (χ2v) is 3.26. The summed E-state index contributed by atoms with van der Waals surface area (Å²) >= 11 is 0. The first-order chi connectivity index (χ1) is 7.02. The minimum atomic E-state index is -0.769. The van der Waals surface area contributed by atoms with Gasteiger partial charge in [-0.1, -0.05) is 6.92 Å². The first-order valence-electron chi connectivity index (χ1n) is 4.42. The van der Waals surface area contributed by atoms with Crippen LogP contribution in [0.2, 0.25) is 0 Å². The lowest BCUT2D eigenvalue weighted by Gasteiger charge is -2.15. The molecule has 0 aliphatic heterocycles. The van der Waals surface area contributed by atoms with E-state index in [-0.39, 0.29) is 17.9 Å². The van der Waals surface area contributed by atoms with Crippen LogP contribution in [-0.2, 0) is 0 Å². The molecule has 0 saturated heterocycles. The zero-order valence-corrected chi connectivity index (χ0v) is 8.49. The van der Waals surface area contributed by atoms with Crippen molar-refractivity contribution in [3.8, 4) is 17.2 Å². The largest absolute Gasteiger partial charge is 0.504 e. The summed E-state index contributed by atoms with van der Waals surface area (Å²) in [4.78, 5) is 0. The van der Waals surface area contributed by atoms with Gasteiger partial charge in [0, 0.05) is 24.2 Å². The van der Waals surface area contributed by atoms with Crippen LogP contribution < -0.4 is 4.74 Å². The zero-order chi connectivity index (χ0) is 11.6. The fourth-order valence-corrected chi connectivity index (χ4v) is 1.32. The highest BCUT2D eigenvalue weighted by molar-refractivity contribution is 5.52. The van der Waals surface area contributed by atoms with E-state index >= 15 is 0 Å². The molecule has 0 fully saturated rings. The van der Waals surface area contributed by atoms with Crippen molar-refractivity contribution in [2.75, 3.05) is 13.7 Å². The molecule has 0 radical (unpaired) electrons. The van der Waals surface area contributed by atoms with Crippen molar-refractivity contribution in [1.29, 1.82) is 0 Å². The lowest BCUT2D eigenvalue weighted by atomic mass is 9.99. The van der Waals surface area contributed by atoms with Gasteiger partial charge in [0.15, 0.2) is 23.1 Å². The first-order valence-corrected chi connectivity index (χ1v) is 4.42. The highest BCUT2D eigenvalue weighted by Crippen LogP contribution is 2.40. The number of halogens is 1. The molecule has 0 saturated carbocycles. The Kier molecular flexibility index (Phi) is 3.36. The fraction of sp³-hybridized carbons (Fsp3) is 0.400. The van der Waals surface area contributed by atoms with Gasteiger partial charge >= 0.3 is 0 Å². The van der Waals surface area contributed by atoms with Gasteiger partial charge in [-0.2, -0.15) is 0 Å². The summed E-state index contributed by atoms with van der Waals surface area (Å²) in [5, 5.41) is 27.6. The summed E-state index contributed by atoms with van der Waals surface area (Å²) in [7, 11) is 1.25. The molecule has 4 nitrogen and oxygen atoms in total. The number of hydrogen-bond donors (Lipinski definition) is 3. The van der Waals surface area contributed by atoms with Gasteiger partial charge in [-0.05, 0) is 0 Å². The summed E-state index contributed by atoms with van der Waals surface area (Å²) in [6.07, 6.45) is 0. The van der Waals surface area contributed by atoms with Crippen LogP contribution >= 0.6 is 0 Å². The Labute approximate surface area is 86.6 Å². The summed E-state index contributed by atoms with van der Waals surface area (Å²) in [5.41, 5.74) is -0.144. The van der Waals surface area contributed by atoms with Crippen LogP contribution in [0.4, 0.5) is 4.39 Å². The minimum absolute atomic E-state index is 0.144. The molecule has 0 aliphatic rings. The van der Waals surface area contributed by atoms with E-state index in [1.807, 2.05) is 0 Å². The SMILES string of the molecule is COc1cc(O)c(O)c(C(C)CO)c1F. The third kappa shape index (κ3) is 1.97. The van der Waals surface area contributed by atoms with Gasteiger partial charge < -0.3 is 20.1 Å². The molecular formula is C10H13FO4. The predicted molar refractivity (Wildman–Crippen MR) is 51.8 cm³/mol. The van der Waals surface area contributed by atoms with E-state index < -0.39 is 23.2 Å². The Morgan fingerprint density at radius 2 is 2.07 bits per heavy atom. The summed E-state index contributed by atoms with van der Waals surface area (Å²) in [6.45, 7) is 1.19. The van der Waals surface area contributed by atoms with Gasteiger partial charge in [-0.15, -0.1) is 0 Å². The Hall–Kier alpha value is -1.49. The van der Waals surface area contributed by atoms with Crippen molar-refractivity contribution in [3.05, 3.63) is 17.4 Å². The lowest BCUT2D eigenvalue weighted by Crippen LogP contribution is -2.04. The number of phenols is 2. The van der Waals surface area contributed by atoms with E-state index in [1.54, 1.807) is 0 Å². The van der Waals surface area contributed by atoms with Crippen molar-refractivity contribution in [2.45, 2.75) is 12.8 Å². The van der Waals surface area contributed by atoms with E-state index in [1.165, 1.54) is 14.0 Å². The van der Waals surface area contributed by atoms with Gasteiger partial charge in [0.2, 0.25) is 0 Å². The molecule has 0 aromatic heterocycles. The highest BCUT2D eigenvalue weighted by Gasteiger charge is 2.22. The molecule has 1 atom stereocenters. The predicted octanol–water partition coefficient (Wildman–Crippen LogP) is 1.34. The number of aromatic hydroxyl groups is 2. The maximum Gasteiger partial charge on any atom is 0.172 e. The average Bonchev–Trinajstić information content (AvgIpc) is 2.23. The van der Waals surface area contributed by atoms with Crippen LogP contribution in [0.3, 0.4) is 0 Å². The van der Waals surface area contributed by atoms with Crippen LogP contribution in [0.1, 0.15) is 18.4 Å². The van der Waals surface area contributed by atoms with Crippen molar-refractivity contribution in [3.63, 3.8) is 0 Å². The first kappa shape index (κ1) is 11.6. The molecule has 0 amide bonds. The van der Waals surface area contributed by atoms with Crippen molar-refractivity contribution < 1.29 is 24.4 Å². The molecule has 5 heteroatoms. The van der Waals surface area contributed by atoms with Crippen molar-refractivity contribution in [1.82, 2.24) is 0 Å². The monoisotopic (exact) mass is 216 g/mol. The Morgan fingerprint density at radius 1 is 1.47 bits per heavy atom. The highest BCUT2D eigenvalue weighted by atomic mass is 19.1.